The Bertz CT molecular complexity index is 741. The molecule has 2 aromatic rings. The van der Waals surface area contributed by atoms with Gasteiger partial charge < -0.3 is 20.1 Å². The average molecular weight is 389 g/mol. The highest BCUT2D eigenvalue weighted by Gasteiger charge is 2.35. The van der Waals surface area contributed by atoms with Crippen molar-refractivity contribution in [1.29, 1.82) is 0 Å². The van der Waals surface area contributed by atoms with Crippen LogP contribution in [0.15, 0.2) is 18.6 Å². The summed E-state index contributed by atoms with van der Waals surface area (Å²) in [6, 6.07) is 1.74. The van der Waals surface area contributed by atoms with Crippen LogP contribution in [0.4, 0.5) is 5.95 Å². The van der Waals surface area contributed by atoms with E-state index in [-0.39, 0.29) is 24.0 Å². The number of amides is 1. The van der Waals surface area contributed by atoms with Crippen molar-refractivity contribution in [2.24, 2.45) is 5.92 Å². The van der Waals surface area contributed by atoms with E-state index in [1.807, 2.05) is 0 Å². The molecule has 3 N–H and O–H groups in total. The fourth-order valence-electron chi connectivity index (χ4n) is 3.31. The third-order valence-corrected chi connectivity index (χ3v) is 4.75. The van der Waals surface area contributed by atoms with E-state index in [9.17, 15) is 4.79 Å². The lowest BCUT2D eigenvalue weighted by atomic mass is 9.83. The molecule has 10 heteroatoms. The zero-order chi connectivity index (χ0) is 19.8. The molecule has 0 unspecified atom stereocenters. The van der Waals surface area contributed by atoms with Crippen molar-refractivity contribution in [3.63, 3.8) is 0 Å². The van der Waals surface area contributed by atoms with Gasteiger partial charge in [0.2, 0.25) is 17.7 Å². The Kier molecular flexibility index (Phi) is 7.12. The zero-order valence-corrected chi connectivity index (χ0v) is 16.2. The van der Waals surface area contributed by atoms with E-state index in [0.29, 0.717) is 37.2 Å². The van der Waals surface area contributed by atoms with Gasteiger partial charge in [0.05, 0.1) is 25.8 Å². The van der Waals surface area contributed by atoms with Crippen molar-refractivity contribution in [1.82, 2.24) is 30.5 Å². The Morgan fingerprint density at radius 3 is 3.00 bits per heavy atom. The van der Waals surface area contributed by atoms with Crippen molar-refractivity contribution < 1.29 is 14.3 Å². The van der Waals surface area contributed by atoms with E-state index in [2.05, 4.69) is 42.7 Å². The number of carbonyl (C=O) groups is 1. The SMILES string of the molecule is CCCO[C@H]1C[C@@H](C(=O)NCc2ncn[nH]2)CC[C@@H]1Nc1nccc(OC)n1. The second-order valence-electron chi connectivity index (χ2n) is 6.74. The lowest BCUT2D eigenvalue weighted by Gasteiger charge is -2.35. The average Bonchev–Trinajstić information content (AvgIpc) is 3.25. The van der Waals surface area contributed by atoms with Crippen LogP contribution in [0.2, 0.25) is 0 Å². The Hall–Kier alpha value is -2.75. The van der Waals surface area contributed by atoms with E-state index >= 15 is 0 Å². The summed E-state index contributed by atoms with van der Waals surface area (Å²) in [6.07, 6.45) is 6.09. The van der Waals surface area contributed by atoms with Crippen molar-refractivity contribution in [2.75, 3.05) is 19.0 Å². The van der Waals surface area contributed by atoms with Crippen LogP contribution in [0, 0.1) is 5.92 Å². The normalized spacial score (nSPS) is 21.9. The molecule has 0 radical (unpaired) electrons. The number of rotatable bonds is 9. The molecule has 10 nitrogen and oxygen atoms in total. The molecular weight excluding hydrogens is 362 g/mol. The van der Waals surface area contributed by atoms with Crippen LogP contribution in [-0.2, 0) is 16.1 Å². The Morgan fingerprint density at radius 2 is 2.25 bits per heavy atom. The third kappa shape index (κ3) is 5.38. The molecule has 0 aliphatic heterocycles. The van der Waals surface area contributed by atoms with E-state index in [0.717, 1.165) is 19.3 Å². The lowest BCUT2D eigenvalue weighted by molar-refractivity contribution is -0.128. The quantitative estimate of drug-likeness (QED) is 0.586. The van der Waals surface area contributed by atoms with Gasteiger partial charge in [-0.15, -0.1) is 0 Å². The standard InChI is InChI=1S/C18H27N7O3/c1-3-8-28-14-9-12(17(26)20-10-15-21-11-22-25-15)4-5-13(14)23-18-19-7-6-16(24-18)27-2/h6-7,11-14H,3-5,8-10H2,1-2H3,(H,20,26)(H,19,23,24)(H,21,22,25)/t12-,13-,14-/m0/s1. The van der Waals surface area contributed by atoms with E-state index in [1.165, 1.54) is 6.33 Å². The molecule has 1 aliphatic rings. The van der Waals surface area contributed by atoms with Gasteiger partial charge in [0.1, 0.15) is 12.2 Å². The molecule has 0 saturated heterocycles. The maximum Gasteiger partial charge on any atom is 0.226 e. The summed E-state index contributed by atoms with van der Waals surface area (Å²) in [7, 11) is 1.57. The van der Waals surface area contributed by atoms with Gasteiger partial charge in [0.15, 0.2) is 0 Å². The highest BCUT2D eigenvalue weighted by atomic mass is 16.5. The third-order valence-electron chi connectivity index (χ3n) is 4.75. The van der Waals surface area contributed by atoms with Crippen LogP contribution in [0.5, 0.6) is 5.88 Å². The summed E-state index contributed by atoms with van der Waals surface area (Å²) in [5.41, 5.74) is 0. The summed E-state index contributed by atoms with van der Waals surface area (Å²) in [5.74, 6) is 1.55. The number of hydrogen-bond donors (Lipinski definition) is 3. The molecule has 28 heavy (non-hydrogen) atoms. The van der Waals surface area contributed by atoms with Gasteiger partial charge in [-0.1, -0.05) is 6.92 Å². The van der Waals surface area contributed by atoms with Gasteiger partial charge in [-0.05, 0) is 25.7 Å². The summed E-state index contributed by atoms with van der Waals surface area (Å²) >= 11 is 0. The molecule has 1 amide bonds. The molecule has 1 aliphatic carbocycles. The smallest absolute Gasteiger partial charge is 0.226 e. The minimum Gasteiger partial charge on any atom is -0.481 e. The molecule has 2 aromatic heterocycles. The first-order valence-corrected chi connectivity index (χ1v) is 9.56. The number of carbonyl (C=O) groups excluding carboxylic acids is 1. The molecule has 3 atom stereocenters. The van der Waals surface area contributed by atoms with Gasteiger partial charge in [-0.2, -0.15) is 10.1 Å². The Balaban J connectivity index is 1.59. The minimum atomic E-state index is -0.103. The molecule has 0 spiro atoms. The monoisotopic (exact) mass is 389 g/mol. The maximum atomic E-state index is 12.6. The topological polar surface area (TPSA) is 127 Å². The number of methoxy groups -OCH3 is 1. The van der Waals surface area contributed by atoms with Gasteiger partial charge >= 0.3 is 0 Å². The number of anilines is 1. The van der Waals surface area contributed by atoms with Gasteiger partial charge in [-0.3, -0.25) is 9.89 Å². The lowest BCUT2D eigenvalue weighted by Crippen LogP contribution is -2.45. The van der Waals surface area contributed by atoms with Crippen LogP contribution in [0.3, 0.4) is 0 Å². The van der Waals surface area contributed by atoms with Gasteiger partial charge in [-0.25, -0.2) is 9.97 Å². The number of aromatic amines is 1. The van der Waals surface area contributed by atoms with Crippen molar-refractivity contribution in [2.45, 2.75) is 51.3 Å². The van der Waals surface area contributed by atoms with Crippen molar-refractivity contribution >= 4 is 11.9 Å². The summed E-state index contributed by atoms with van der Waals surface area (Å²) in [4.78, 5) is 25.2. The predicted octanol–water partition coefficient (Wildman–Crippen LogP) is 1.30. The first-order chi connectivity index (χ1) is 13.7. The highest BCUT2D eigenvalue weighted by molar-refractivity contribution is 5.78. The first-order valence-electron chi connectivity index (χ1n) is 9.56. The van der Waals surface area contributed by atoms with Gasteiger partial charge in [0, 0.05) is 24.8 Å². The molecular formula is C18H27N7O3. The van der Waals surface area contributed by atoms with E-state index in [1.54, 1.807) is 19.4 Å². The second kappa shape index (κ2) is 9.98. The summed E-state index contributed by atoms with van der Waals surface area (Å²) < 4.78 is 11.2. The summed E-state index contributed by atoms with van der Waals surface area (Å²) in [5, 5.41) is 12.8. The number of hydrogen-bond acceptors (Lipinski definition) is 8. The molecule has 1 fully saturated rings. The van der Waals surface area contributed by atoms with E-state index < -0.39 is 0 Å². The fourth-order valence-corrected chi connectivity index (χ4v) is 3.31. The molecule has 152 valence electrons. The first kappa shape index (κ1) is 20.0. The largest absolute Gasteiger partial charge is 0.481 e. The van der Waals surface area contributed by atoms with Crippen LogP contribution < -0.4 is 15.4 Å². The number of ether oxygens (including phenoxy) is 2. The van der Waals surface area contributed by atoms with Crippen LogP contribution >= 0.6 is 0 Å². The van der Waals surface area contributed by atoms with Crippen molar-refractivity contribution in [3.05, 3.63) is 24.4 Å². The van der Waals surface area contributed by atoms with Gasteiger partial charge in [0.25, 0.3) is 0 Å². The highest BCUT2D eigenvalue weighted by Crippen LogP contribution is 2.29. The molecule has 0 bridgehead atoms. The number of nitrogens with zero attached hydrogens (tertiary/aromatic N) is 4. The molecule has 0 aromatic carbocycles. The molecule has 1 saturated carbocycles. The minimum absolute atomic E-state index is 0.0116. The Morgan fingerprint density at radius 1 is 1.36 bits per heavy atom. The second-order valence-corrected chi connectivity index (χ2v) is 6.74. The number of aromatic nitrogens is 5. The van der Waals surface area contributed by atoms with Crippen LogP contribution in [0.25, 0.3) is 0 Å². The van der Waals surface area contributed by atoms with Crippen molar-refractivity contribution in [3.8, 4) is 5.88 Å². The molecule has 2 heterocycles. The maximum absolute atomic E-state index is 12.6. The number of H-pyrrole nitrogens is 1. The van der Waals surface area contributed by atoms with E-state index in [4.69, 9.17) is 9.47 Å². The number of nitrogens with one attached hydrogen (secondary N) is 3. The van der Waals surface area contributed by atoms with Crippen LogP contribution in [0.1, 0.15) is 38.4 Å². The fraction of sp³-hybridized carbons (Fsp3) is 0.611. The van der Waals surface area contributed by atoms with Crippen LogP contribution in [-0.4, -0.2) is 56.9 Å². The molecule has 3 rings (SSSR count). The summed E-state index contributed by atoms with van der Waals surface area (Å²) in [6.45, 7) is 3.06. The predicted molar refractivity (Wildman–Crippen MR) is 102 cm³/mol. The Labute approximate surface area is 163 Å². The zero-order valence-electron chi connectivity index (χ0n) is 16.2.